The second-order valence-electron chi connectivity index (χ2n) is 3.33. The number of hydrogen-bond donors (Lipinski definition) is 3. The molecular formula is C10H16N2O3. The molecule has 0 rings (SSSR count). The van der Waals surface area contributed by atoms with Gasteiger partial charge in [-0.2, -0.15) is 0 Å². The zero-order valence-electron chi connectivity index (χ0n) is 8.96. The summed E-state index contributed by atoms with van der Waals surface area (Å²) in [5.74, 6) is 0.968. The molecule has 1 atom stereocenters. The van der Waals surface area contributed by atoms with Gasteiger partial charge in [-0.25, -0.2) is 0 Å². The smallest absolute Gasteiger partial charge is 0.323 e. The van der Waals surface area contributed by atoms with Crippen LogP contribution in [0.25, 0.3) is 0 Å². The molecule has 5 heteroatoms. The number of carboxylic acids is 1. The van der Waals surface area contributed by atoms with E-state index in [-0.39, 0.29) is 19.0 Å². The molecule has 1 amide bonds. The van der Waals surface area contributed by atoms with Crippen LogP contribution in [0.4, 0.5) is 0 Å². The highest BCUT2D eigenvalue weighted by Gasteiger charge is 2.30. The van der Waals surface area contributed by atoms with Crippen LogP contribution in [-0.4, -0.2) is 35.6 Å². The number of aliphatic carboxylic acids is 1. The van der Waals surface area contributed by atoms with Gasteiger partial charge in [-0.1, -0.05) is 12.8 Å². The third kappa shape index (κ3) is 4.47. The normalized spacial score (nSPS) is 13.7. The van der Waals surface area contributed by atoms with Gasteiger partial charge in [0.15, 0.2) is 0 Å². The van der Waals surface area contributed by atoms with Gasteiger partial charge >= 0.3 is 5.97 Å². The topological polar surface area (TPSA) is 78.4 Å². The van der Waals surface area contributed by atoms with E-state index in [2.05, 4.69) is 16.6 Å². The van der Waals surface area contributed by atoms with Crippen molar-refractivity contribution in [3.05, 3.63) is 0 Å². The molecule has 0 spiro atoms. The lowest BCUT2D eigenvalue weighted by molar-refractivity contribution is -0.144. The van der Waals surface area contributed by atoms with Crippen molar-refractivity contribution in [1.82, 2.24) is 10.6 Å². The average molecular weight is 212 g/mol. The molecule has 0 fully saturated rings. The van der Waals surface area contributed by atoms with Crippen LogP contribution in [0.2, 0.25) is 0 Å². The highest BCUT2D eigenvalue weighted by atomic mass is 16.4. The molecule has 0 aromatic rings. The minimum absolute atomic E-state index is 0.0572. The Labute approximate surface area is 89.2 Å². The Bertz CT molecular complexity index is 283. The summed E-state index contributed by atoms with van der Waals surface area (Å²) in [6, 6.07) is 0. The second kappa shape index (κ2) is 6.04. The summed E-state index contributed by atoms with van der Waals surface area (Å²) in [6.07, 6.45) is 5.35. The standard InChI is InChI=1S/C10H16N2O3/c1-4-6-11-8(13)7-12-10(3,5-2)9(14)15/h1,12H,5-7H2,2-3H3,(H,11,13)(H,14,15). The Kier molecular flexibility index (Phi) is 5.42. The van der Waals surface area contributed by atoms with Crippen LogP contribution in [0.3, 0.4) is 0 Å². The highest BCUT2D eigenvalue weighted by molar-refractivity contribution is 5.81. The van der Waals surface area contributed by atoms with Crippen molar-refractivity contribution in [2.45, 2.75) is 25.8 Å². The van der Waals surface area contributed by atoms with Crippen LogP contribution in [-0.2, 0) is 9.59 Å². The number of rotatable bonds is 6. The van der Waals surface area contributed by atoms with Crippen molar-refractivity contribution in [3.63, 3.8) is 0 Å². The molecule has 1 unspecified atom stereocenters. The molecule has 0 saturated heterocycles. The van der Waals surface area contributed by atoms with E-state index in [0.29, 0.717) is 6.42 Å². The Morgan fingerprint density at radius 3 is 2.53 bits per heavy atom. The van der Waals surface area contributed by atoms with Gasteiger partial charge < -0.3 is 10.4 Å². The number of carbonyl (C=O) groups excluding carboxylic acids is 1. The quantitative estimate of drug-likeness (QED) is 0.522. The minimum Gasteiger partial charge on any atom is -0.480 e. The highest BCUT2D eigenvalue weighted by Crippen LogP contribution is 2.08. The van der Waals surface area contributed by atoms with Crippen molar-refractivity contribution in [1.29, 1.82) is 0 Å². The van der Waals surface area contributed by atoms with Crippen molar-refractivity contribution >= 4 is 11.9 Å². The van der Waals surface area contributed by atoms with Crippen LogP contribution in [0.15, 0.2) is 0 Å². The van der Waals surface area contributed by atoms with Gasteiger partial charge in [-0.3, -0.25) is 14.9 Å². The zero-order chi connectivity index (χ0) is 11.9. The molecule has 0 aromatic heterocycles. The molecule has 0 heterocycles. The largest absolute Gasteiger partial charge is 0.480 e. The summed E-state index contributed by atoms with van der Waals surface area (Å²) in [4.78, 5) is 22.0. The van der Waals surface area contributed by atoms with Gasteiger partial charge in [0.05, 0.1) is 13.1 Å². The average Bonchev–Trinajstić information content (AvgIpc) is 2.22. The molecule has 3 N–H and O–H groups in total. The van der Waals surface area contributed by atoms with Crippen molar-refractivity contribution in [3.8, 4) is 12.3 Å². The van der Waals surface area contributed by atoms with Crippen molar-refractivity contribution in [2.75, 3.05) is 13.1 Å². The molecule has 0 aliphatic heterocycles. The van der Waals surface area contributed by atoms with E-state index >= 15 is 0 Å². The van der Waals surface area contributed by atoms with Gasteiger partial charge in [0.1, 0.15) is 5.54 Å². The number of nitrogens with one attached hydrogen (secondary N) is 2. The summed E-state index contributed by atoms with van der Waals surface area (Å²) >= 11 is 0. The number of hydrogen-bond acceptors (Lipinski definition) is 3. The maximum atomic E-state index is 11.1. The van der Waals surface area contributed by atoms with Crippen LogP contribution in [0.5, 0.6) is 0 Å². The lowest BCUT2D eigenvalue weighted by Crippen LogP contribution is -2.52. The number of amides is 1. The molecule has 0 bridgehead atoms. The SMILES string of the molecule is C#CCNC(=O)CNC(C)(CC)C(=O)O. The van der Waals surface area contributed by atoms with Crippen LogP contribution >= 0.6 is 0 Å². The predicted molar refractivity (Wildman–Crippen MR) is 56.2 cm³/mol. The van der Waals surface area contributed by atoms with E-state index in [1.165, 1.54) is 6.92 Å². The summed E-state index contributed by atoms with van der Waals surface area (Å²) < 4.78 is 0. The van der Waals surface area contributed by atoms with Gasteiger partial charge in [-0.15, -0.1) is 6.42 Å². The fourth-order valence-electron chi connectivity index (χ4n) is 0.839. The fourth-order valence-corrected chi connectivity index (χ4v) is 0.839. The van der Waals surface area contributed by atoms with E-state index in [4.69, 9.17) is 11.5 Å². The monoisotopic (exact) mass is 212 g/mol. The number of carbonyl (C=O) groups is 2. The van der Waals surface area contributed by atoms with E-state index in [1.807, 2.05) is 0 Å². The first-order valence-electron chi connectivity index (χ1n) is 4.65. The van der Waals surface area contributed by atoms with Crippen LogP contribution in [0, 0.1) is 12.3 Å². The summed E-state index contributed by atoms with van der Waals surface area (Å²) in [5.41, 5.74) is -1.08. The van der Waals surface area contributed by atoms with Crippen LogP contribution < -0.4 is 10.6 Å². The van der Waals surface area contributed by atoms with Crippen molar-refractivity contribution in [2.24, 2.45) is 0 Å². The van der Waals surface area contributed by atoms with E-state index < -0.39 is 11.5 Å². The number of terminal acetylenes is 1. The maximum Gasteiger partial charge on any atom is 0.323 e. The van der Waals surface area contributed by atoms with Gasteiger partial charge in [0, 0.05) is 0 Å². The Morgan fingerprint density at radius 2 is 2.13 bits per heavy atom. The lowest BCUT2D eigenvalue weighted by Gasteiger charge is -2.24. The molecule has 0 aliphatic carbocycles. The first kappa shape index (κ1) is 13.5. The Morgan fingerprint density at radius 1 is 1.53 bits per heavy atom. The minimum atomic E-state index is -1.08. The molecule has 15 heavy (non-hydrogen) atoms. The van der Waals surface area contributed by atoms with E-state index in [1.54, 1.807) is 6.92 Å². The molecule has 0 aromatic carbocycles. The first-order chi connectivity index (χ1) is 6.96. The van der Waals surface area contributed by atoms with Crippen molar-refractivity contribution < 1.29 is 14.7 Å². The summed E-state index contributed by atoms with van der Waals surface area (Å²) in [6.45, 7) is 3.36. The second-order valence-corrected chi connectivity index (χ2v) is 3.33. The lowest BCUT2D eigenvalue weighted by atomic mass is 9.99. The first-order valence-corrected chi connectivity index (χ1v) is 4.65. The van der Waals surface area contributed by atoms with E-state index in [9.17, 15) is 9.59 Å². The van der Waals surface area contributed by atoms with Gasteiger partial charge in [0.25, 0.3) is 0 Å². The Hall–Kier alpha value is -1.54. The molecule has 0 saturated carbocycles. The third-order valence-electron chi connectivity index (χ3n) is 2.21. The molecular weight excluding hydrogens is 196 g/mol. The predicted octanol–water partition coefficient (Wildman–Crippen LogP) is -0.421. The van der Waals surface area contributed by atoms with Gasteiger partial charge in [-0.05, 0) is 13.3 Å². The maximum absolute atomic E-state index is 11.1. The summed E-state index contributed by atoms with van der Waals surface area (Å²) in [7, 11) is 0. The number of carboxylic acid groups (broad SMARTS) is 1. The van der Waals surface area contributed by atoms with Gasteiger partial charge in [0.2, 0.25) is 5.91 Å². The van der Waals surface area contributed by atoms with Crippen LogP contribution in [0.1, 0.15) is 20.3 Å². The molecule has 0 radical (unpaired) electrons. The fraction of sp³-hybridized carbons (Fsp3) is 0.600. The Balaban J connectivity index is 4.08. The van der Waals surface area contributed by atoms with E-state index in [0.717, 1.165) is 0 Å². The molecule has 84 valence electrons. The zero-order valence-corrected chi connectivity index (χ0v) is 8.96. The molecule has 5 nitrogen and oxygen atoms in total. The summed E-state index contributed by atoms with van der Waals surface area (Å²) in [5, 5.41) is 14.0. The molecule has 0 aliphatic rings. The third-order valence-corrected chi connectivity index (χ3v) is 2.21.